The van der Waals surface area contributed by atoms with Crippen LogP contribution in [0.3, 0.4) is 0 Å². The highest BCUT2D eigenvalue weighted by molar-refractivity contribution is 5.54. The molecule has 1 aliphatic carbocycles. The monoisotopic (exact) mass is 315 g/mol. The zero-order valence-electron chi connectivity index (χ0n) is 13.2. The van der Waals surface area contributed by atoms with Crippen LogP contribution in [0.25, 0.3) is 0 Å². The number of hydrogen-bond acceptors (Lipinski definition) is 5. The molecule has 1 N–H and O–H groups in total. The second-order valence-electron chi connectivity index (χ2n) is 6.91. The van der Waals surface area contributed by atoms with E-state index in [1.165, 1.54) is 11.1 Å². The fraction of sp³-hybridized carbons (Fsp3) is 0.556. The van der Waals surface area contributed by atoms with Gasteiger partial charge in [0.2, 0.25) is 6.79 Å². The van der Waals surface area contributed by atoms with Gasteiger partial charge in [-0.1, -0.05) is 0 Å². The van der Waals surface area contributed by atoms with Gasteiger partial charge in [-0.25, -0.2) is 0 Å². The van der Waals surface area contributed by atoms with Crippen LogP contribution >= 0.6 is 0 Å². The van der Waals surface area contributed by atoms with E-state index >= 15 is 0 Å². The molecule has 0 saturated carbocycles. The van der Waals surface area contributed by atoms with Gasteiger partial charge in [0.05, 0.1) is 12.6 Å². The second-order valence-corrected chi connectivity index (χ2v) is 6.91. The summed E-state index contributed by atoms with van der Waals surface area (Å²) in [5.74, 6) is 2.33. The molecule has 23 heavy (non-hydrogen) atoms. The maximum Gasteiger partial charge on any atom is 0.231 e. The zero-order valence-corrected chi connectivity index (χ0v) is 13.2. The van der Waals surface area contributed by atoms with Crippen molar-refractivity contribution in [3.8, 4) is 11.5 Å². The van der Waals surface area contributed by atoms with Gasteiger partial charge >= 0.3 is 0 Å². The molecule has 5 heteroatoms. The molecule has 0 amide bonds. The Kier molecular flexibility index (Phi) is 2.77. The molecule has 0 bridgehead atoms. The highest BCUT2D eigenvalue weighted by Gasteiger charge is 2.56. The number of hydrogen-bond donors (Lipinski definition) is 1. The smallest absolute Gasteiger partial charge is 0.231 e. The van der Waals surface area contributed by atoms with E-state index in [1.54, 1.807) is 7.11 Å². The first kappa shape index (κ1) is 13.7. The second kappa shape index (κ2) is 4.65. The lowest BCUT2D eigenvalue weighted by atomic mass is 9.78. The number of fused-ring (bicyclic) bond motifs is 3. The van der Waals surface area contributed by atoms with Crippen LogP contribution in [0.2, 0.25) is 0 Å². The Hall–Kier alpha value is -1.72. The molecule has 4 aliphatic rings. The number of benzene rings is 1. The van der Waals surface area contributed by atoms with E-state index in [1.807, 2.05) is 0 Å². The summed E-state index contributed by atoms with van der Waals surface area (Å²) in [6.45, 7) is 2.37. The maximum absolute atomic E-state index is 11.0. The van der Waals surface area contributed by atoms with Gasteiger partial charge in [0.15, 0.2) is 11.5 Å². The lowest BCUT2D eigenvalue weighted by Gasteiger charge is -2.38. The predicted octanol–water partition coefficient (Wildman–Crippen LogP) is 1.79. The third kappa shape index (κ3) is 1.69. The first-order valence-electron chi connectivity index (χ1n) is 8.35. The van der Waals surface area contributed by atoms with Crippen LogP contribution in [0.5, 0.6) is 11.5 Å². The molecule has 3 heterocycles. The molecule has 2 unspecified atom stereocenters. The SMILES string of the molecule is COC1=CC23CCCN2CCc2cc4c(cc2[C@@H]3C1O)OCO4. The van der Waals surface area contributed by atoms with Crippen LogP contribution in [-0.4, -0.2) is 48.6 Å². The van der Waals surface area contributed by atoms with E-state index in [0.29, 0.717) is 5.76 Å². The molecule has 122 valence electrons. The lowest BCUT2D eigenvalue weighted by molar-refractivity contribution is 0.0782. The van der Waals surface area contributed by atoms with Crippen LogP contribution in [0.4, 0.5) is 0 Å². The van der Waals surface area contributed by atoms with Gasteiger partial charge in [-0.15, -0.1) is 0 Å². The van der Waals surface area contributed by atoms with Crippen molar-refractivity contribution >= 4 is 0 Å². The fourth-order valence-electron chi connectivity index (χ4n) is 4.99. The van der Waals surface area contributed by atoms with E-state index in [9.17, 15) is 5.11 Å². The Morgan fingerprint density at radius 1 is 1.26 bits per heavy atom. The molecule has 3 aliphatic heterocycles. The Morgan fingerprint density at radius 3 is 2.91 bits per heavy atom. The van der Waals surface area contributed by atoms with Gasteiger partial charge in [0.1, 0.15) is 11.9 Å². The van der Waals surface area contributed by atoms with Gasteiger partial charge in [0.25, 0.3) is 0 Å². The van der Waals surface area contributed by atoms with Crippen LogP contribution in [0, 0.1) is 0 Å². The van der Waals surface area contributed by atoms with E-state index in [0.717, 1.165) is 43.9 Å². The summed E-state index contributed by atoms with van der Waals surface area (Å²) in [6, 6.07) is 4.19. The highest BCUT2D eigenvalue weighted by atomic mass is 16.7. The Morgan fingerprint density at radius 2 is 2.09 bits per heavy atom. The minimum atomic E-state index is -0.599. The molecular weight excluding hydrogens is 294 g/mol. The summed E-state index contributed by atoms with van der Waals surface area (Å²) in [6.07, 6.45) is 4.78. The van der Waals surface area contributed by atoms with Crippen LogP contribution in [0.15, 0.2) is 24.0 Å². The van der Waals surface area contributed by atoms with Gasteiger partial charge in [-0.05, 0) is 55.1 Å². The van der Waals surface area contributed by atoms with Crippen molar-refractivity contribution in [2.45, 2.75) is 36.8 Å². The molecule has 3 atom stereocenters. The highest BCUT2D eigenvalue weighted by Crippen LogP contribution is 2.54. The summed E-state index contributed by atoms with van der Waals surface area (Å²) in [5, 5.41) is 11.0. The van der Waals surface area contributed by atoms with E-state index in [-0.39, 0.29) is 18.2 Å². The van der Waals surface area contributed by atoms with Crippen LogP contribution in [0.1, 0.15) is 29.9 Å². The molecular formula is C18H21NO4. The van der Waals surface area contributed by atoms with E-state index in [2.05, 4.69) is 23.1 Å². The minimum absolute atomic E-state index is 0.00644. The number of methoxy groups -OCH3 is 1. The Balaban J connectivity index is 1.70. The number of ether oxygens (including phenoxy) is 3. The van der Waals surface area contributed by atoms with Crippen molar-refractivity contribution in [1.29, 1.82) is 0 Å². The van der Waals surface area contributed by atoms with Gasteiger partial charge in [0, 0.05) is 12.5 Å². The van der Waals surface area contributed by atoms with Crippen molar-refractivity contribution in [2.24, 2.45) is 0 Å². The van der Waals surface area contributed by atoms with Gasteiger partial charge < -0.3 is 19.3 Å². The lowest BCUT2D eigenvalue weighted by Crippen LogP contribution is -2.46. The molecule has 5 rings (SSSR count). The van der Waals surface area contributed by atoms with Crippen LogP contribution < -0.4 is 9.47 Å². The average Bonchev–Trinajstić information content (AvgIpc) is 3.21. The van der Waals surface area contributed by atoms with Crippen molar-refractivity contribution in [3.63, 3.8) is 0 Å². The van der Waals surface area contributed by atoms with Crippen molar-refractivity contribution in [3.05, 3.63) is 35.1 Å². The van der Waals surface area contributed by atoms with Crippen molar-refractivity contribution < 1.29 is 19.3 Å². The van der Waals surface area contributed by atoms with Crippen molar-refractivity contribution in [2.75, 3.05) is 27.0 Å². The third-order valence-corrected chi connectivity index (χ3v) is 5.99. The van der Waals surface area contributed by atoms with Gasteiger partial charge in [-0.3, -0.25) is 4.90 Å². The topological polar surface area (TPSA) is 51.2 Å². The quantitative estimate of drug-likeness (QED) is 0.856. The average molecular weight is 315 g/mol. The summed E-state index contributed by atoms with van der Waals surface area (Å²) < 4.78 is 16.6. The number of aliphatic hydroxyl groups is 1. The van der Waals surface area contributed by atoms with E-state index < -0.39 is 6.10 Å². The van der Waals surface area contributed by atoms with Crippen LogP contribution in [-0.2, 0) is 11.2 Å². The normalized spacial score (nSPS) is 34.4. The Labute approximate surface area is 135 Å². The minimum Gasteiger partial charge on any atom is -0.499 e. The number of nitrogens with zero attached hydrogens (tertiary/aromatic N) is 1. The Bertz CT molecular complexity index is 701. The molecule has 0 radical (unpaired) electrons. The first-order chi connectivity index (χ1) is 11.2. The number of rotatable bonds is 1. The molecule has 1 aromatic rings. The summed E-state index contributed by atoms with van der Waals surface area (Å²) in [5.41, 5.74) is 2.33. The molecule has 5 nitrogen and oxygen atoms in total. The van der Waals surface area contributed by atoms with E-state index in [4.69, 9.17) is 14.2 Å². The molecule has 0 aromatic heterocycles. The van der Waals surface area contributed by atoms with Gasteiger partial charge in [-0.2, -0.15) is 0 Å². The fourth-order valence-corrected chi connectivity index (χ4v) is 4.99. The zero-order chi connectivity index (χ0) is 15.6. The predicted molar refractivity (Wildman–Crippen MR) is 83.6 cm³/mol. The summed E-state index contributed by atoms with van der Waals surface area (Å²) >= 11 is 0. The molecule has 1 saturated heterocycles. The number of aliphatic hydroxyl groups excluding tert-OH is 1. The third-order valence-electron chi connectivity index (χ3n) is 5.99. The summed E-state index contributed by atoms with van der Waals surface area (Å²) in [7, 11) is 1.65. The standard InChI is InChI=1S/C18H21NO4/c1-21-15-9-18-4-2-5-19(18)6-3-11-7-13-14(23-10-22-13)8-12(11)16(18)17(15)20/h7-9,16-17,20H,2-6,10H2,1H3/t16-,17?,18?/m1/s1. The largest absolute Gasteiger partial charge is 0.499 e. The summed E-state index contributed by atoms with van der Waals surface area (Å²) in [4.78, 5) is 2.53. The first-order valence-corrected chi connectivity index (χ1v) is 8.35. The van der Waals surface area contributed by atoms with Crippen molar-refractivity contribution in [1.82, 2.24) is 4.90 Å². The molecule has 1 fully saturated rings. The molecule has 1 aromatic carbocycles. The maximum atomic E-state index is 11.0. The molecule has 1 spiro atoms.